The van der Waals surface area contributed by atoms with Crippen LogP contribution in [0.3, 0.4) is 0 Å². The molecule has 218 valence electrons. The Hall–Kier alpha value is -4.60. The lowest BCUT2D eigenvalue weighted by atomic mass is 10.3. The summed E-state index contributed by atoms with van der Waals surface area (Å²) < 4.78 is 3.43. The third kappa shape index (κ3) is 6.99. The molecule has 0 aliphatic heterocycles. The highest BCUT2D eigenvalue weighted by Crippen LogP contribution is 2.36. The van der Waals surface area contributed by atoms with Gasteiger partial charge in [-0.25, -0.2) is 19.0 Å². The first-order valence-corrected chi connectivity index (χ1v) is 14.7. The highest BCUT2D eigenvalue weighted by Gasteiger charge is 2.31. The summed E-state index contributed by atoms with van der Waals surface area (Å²) in [4.78, 5) is 24.8. The van der Waals surface area contributed by atoms with E-state index in [0.717, 1.165) is 54.5 Å². The van der Waals surface area contributed by atoms with E-state index < -0.39 is 11.9 Å². The number of carboxylic acid groups (broad SMARTS) is 2. The van der Waals surface area contributed by atoms with Gasteiger partial charge in [0.05, 0.1) is 11.4 Å². The van der Waals surface area contributed by atoms with E-state index in [1.807, 2.05) is 60.7 Å². The van der Waals surface area contributed by atoms with E-state index in [1.165, 1.54) is 38.5 Å². The quantitative estimate of drug-likeness (QED) is 0.202. The van der Waals surface area contributed by atoms with Gasteiger partial charge >= 0.3 is 11.9 Å². The van der Waals surface area contributed by atoms with Gasteiger partial charge in [0.15, 0.2) is 11.4 Å². The summed E-state index contributed by atoms with van der Waals surface area (Å²) in [7, 11) is 0. The molecule has 3 N–H and O–H groups in total. The maximum atomic E-state index is 11.4. The SMILES string of the molecule is O=C(O)c1cc(N(CC2CC2)CC2CC2)n(-c2ccccc2)n1.O=C(O)c1cc(NCC2CC2)n(-c2ccccc2)n1. The van der Waals surface area contributed by atoms with Gasteiger partial charge in [-0.2, -0.15) is 10.2 Å². The normalized spacial score (nSPS) is 15.9. The standard InChI is InChI=1S/C18H21N3O2.C14H15N3O2/c22-18(23)16-10-17(21(19-16)15-4-2-1-3-5-15)20(11-13-6-7-13)12-14-8-9-14;18-14(19)12-8-13(15-9-10-6-7-10)17(16-12)11-4-2-1-3-5-11/h1-5,10,13-14H,6-9,11-12H2,(H,22,23);1-5,8,10,15H,6-7,9H2,(H,18,19). The molecule has 10 heteroatoms. The van der Waals surface area contributed by atoms with Gasteiger partial charge < -0.3 is 20.4 Å². The van der Waals surface area contributed by atoms with Gasteiger partial charge in [0, 0.05) is 31.8 Å². The summed E-state index contributed by atoms with van der Waals surface area (Å²) >= 11 is 0. The van der Waals surface area contributed by atoms with E-state index >= 15 is 0 Å². The number of rotatable bonds is 12. The third-order valence-corrected chi connectivity index (χ3v) is 7.78. The second-order valence-electron chi connectivity index (χ2n) is 11.5. The molecule has 0 radical (unpaired) electrons. The molecule has 3 saturated carbocycles. The molecule has 0 unspecified atom stereocenters. The highest BCUT2D eigenvalue weighted by molar-refractivity contribution is 5.87. The molecule has 0 amide bonds. The molecule has 10 nitrogen and oxygen atoms in total. The van der Waals surface area contributed by atoms with Crippen molar-refractivity contribution in [3.05, 3.63) is 84.2 Å². The molecule has 3 fully saturated rings. The van der Waals surface area contributed by atoms with Crippen LogP contribution < -0.4 is 10.2 Å². The van der Waals surface area contributed by atoms with Gasteiger partial charge in [-0.05, 0) is 80.5 Å². The summed E-state index contributed by atoms with van der Waals surface area (Å²) in [6.07, 6.45) is 7.63. The number of anilines is 2. The summed E-state index contributed by atoms with van der Waals surface area (Å²) in [5.41, 5.74) is 1.93. The maximum Gasteiger partial charge on any atom is 0.356 e. The minimum atomic E-state index is -1.01. The number of aromatic nitrogens is 4. The fourth-order valence-corrected chi connectivity index (χ4v) is 4.89. The predicted molar refractivity (Wildman–Crippen MR) is 160 cm³/mol. The van der Waals surface area contributed by atoms with Crippen LogP contribution in [0.25, 0.3) is 11.4 Å². The highest BCUT2D eigenvalue weighted by atomic mass is 16.4. The van der Waals surface area contributed by atoms with Crippen LogP contribution in [0.15, 0.2) is 72.8 Å². The molecule has 3 aliphatic carbocycles. The van der Waals surface area contributed by atoms with Crippen molar-refractivity contribution in [2.75, 3.05) is 29.9 Å². The maximum absolute atomic E-state index is 11.4. The lowest BCUT2D eigenvalue weighted by molar-refractivity contribution is 0.0679. The first-order valence-electron chi connectivity index (χ1n) is 14.7. The Morgan fingerprint density at radius 3 is 1.69 bits per heavy atom. The van der Waals surface area contributed by atoms with Crippen LogP contribution in [0.2, 0.25) is 0 Å². The summed E-state index contributed by atoms with van der Waals surface area (Å²) in [5, 5.41) is 30.2. The van der Waals surface area contributed by atoms with Gasteiger partial charge in [0.2, 0.25) is 0 Å². The van der Waals surface area contributed by atoms with Crippen molar-refractivity contribution in [3.8, 4) is 11.4 Å². The van der Waals surface area contributed by atoms with Crippen molar-refractivity contribution in [1.29, 1.82) is 0 Å². The van der Waals surface area contributed by atoms with Crippen molar-refractivity contribution < 1.29 is 19.8 Å². The molecule has 2 aromatic heterocycles. The molecular weight excluding hydrogens is 532 g/mol. The first-order chi connectivity index (χ1) is 20.4. The lowest BCUT2D eigenvalue weighted by Gasteiger charge is -2.25. The number of benzene rings is 2. The Balaban J connectivity index is 0.000000153. The number of nitrogens with one attached hydrogen (secondary N) is 1. The second kappa shape index (κ2) is 12.1. The molecule has 0 saturated heterocycles. The van der Waals surface area contributed by atoms with Gasteiger partial charge in [-0.3, -0.25) is 0 Å². The Labute approximate surface area is 244 Å². The van der Waals surface area contributed by atoms with Gasteiger partial charge in [0.25, 0.3) is 0 Å². The van der Waals surface area contributed by atoms with Crippen molar-refractivity contribution in [1.82, 2.24) is 19.6 Å². The average molecular weight is 569 g/mol. The minimum Gasteiger partial charge on any atom is -0.476 e. The van der Waals surface area contributed by atoms with Crippen LogP contribution in [0.1, 0.15) is 59.5 Å². The van der Waals surface area contributed by atoms with Crippen LogP contribution in [0, 0.1) is 17.8 Å². The van der Waals surface area contributed by atoms with Crippen LogP contribution in [-0.2, 0) is 0 Å². The smallest absolute Gasteiger partial charge is 0.356 e. The van der Waals surface area contributed by atoms with Crippen LogP contribution in [0.4, 0.5) is 11.6 Å². The first kappa shape index (κ1) is 27.6. The molecule has 3 aliphatic rings. The van der Waals surface area contributed by atoms with E-state index in [-0.39, 0.29) is 11.4 Å². The monoisotopic (exact) mass is 568 g/mol. The summed E-state index contributed by atoms with van der Waals surface area (Å²) in [6, 6.07) is 22.6. The molecule has 42 heavy (non-hydrogen) atoms. The number of aromatic carboxylic acids is 2. The van der Waals surface area contributed by atoms with Gasteiger partial charge in [-0.15, -0.1) is 0 Å². The van der Waals surface area contributed by atoms with Crippen molar-refractivity contribution in [2.45, 2.75) is 38.5 Å². The van der Waals surface area contributed by atoms with E-state index in [2.05, 4.69) is 20.4 Å². The Kier molecular flexibility index (Phi) is 7.94. The molecule has 2 heterocycles. The molecule has 4 aromatic rings. The molecule has 0 bridgehead atoms. The summed E-state index contributed by atoms with van der Waals surface area (Å²) in [5.74, 6) is 1.88. The van der Waals surface area contributed by atoms with Crippen molar-refractivity contribution in [2.24, 2.45) is 17.8 Å². The topological polar surface area (TPSA) is 126 Å². The van der Waals surface area contributed by atoms with E-state index in [9.17, 15) is 14.7 Å². The number of para-hydroxylation sites is 2. The predicted octanol–water partition coefficient (Wildman–Crippen LogP) is 5.59. The molecular formula is C32H36N6O4. The summed E-state index contributed by atoms with van der Waals surface area (Å²) in [6.45, 7) is 2.89. The number of carbonyl (C=O) groups is 2. The zero-order chi connectivity index (χ0) is 29.1. The fraction of sp³-hybridized carbons (Fsp3) is 0.375. The van der Waals surface area contributed by atoms with E-state index in [0.29, 0.717) is 5.92 Å². The number of hydrogen-bond donors (Lipinski definition) is 3. The second-order valence-corrected chi connectivity index (χ2v) is 11.5. The molecule has 0 atom stereocenters. The molecule has 2 aromatic carbocycles. The molecule has 7 rings (SSSR count). The Bertz CT molecular complexity index is 1510. The Morgan fingerprint density at radius 1 is 0.714 bits per heavy atom. The van der Waals surface area contributed by atoms with Gasteiger partial charge in [-0.1, -0.05) is 36.4 Å². The van der Waals surface area contributed by atoms with E-state index in [4.69, 9.17) is 5.11 Å². The van der Waals surface area contributed by atoms with Crippen LogP contribution in [-0.4, -0.2) is 61.3 Å². The number of carboxylic acids is 2. The average Bonchev–Trinajstić information content (AvgIpc) is 3.95. The van der Waals surface area contributed by atoms with Crippen molar-refractivity contribution >= 4 is 23.6 Å². The number of hydrogen-bond acceptors (Lipinski definition) is 6. The third-order valence-electron chi connectivity index (χ3n) is 7.78. The lowest BCUT2D eigenvalue weighted by Crippen LogP contribution is -2.30. The largest absolute Gasteiger partial charge is 0.476 e. The fourth-order valence-electron chi connectivity index (χ4n) is 4.89. The van der Waals surface area contributed by atoms with Crippen LogP contribution >= 0.6 is 0 Å². The zero-order valence-corrected chi connectivity index (χ0v) is 23.5. The zero-order valence-electron chi connectivity index (χ0n) is 23.5. The Morgan fingerprint density at radius 2 is 1.19 bits per heavy atom. The van der Waals surface area contributed by atoms with Crippen LogP contribution in [0.5, 0.6) is 0 Å². The van der Waals surface area contributed by atoms with Crippen molar-refractivity contribution in [3.63, 3.8) is 0 Å². The van der Waals surface area contributed by atoms with E-state index in [1.54, 1.807) is 21.5 Å². The molecule has 0 spiro atoms. The number of nitrogens with zero attached hydrogens (tertiary/aromatic N) is 5. The minimum absolute atomic E-state index is 0.0575. The van der Waals surface area contributed by atoms with Gasteiger partial charge in [0.1, 0.15) is 11.6 Å².